The van der Waals surface area contributed by atoms with Crippen molar-refractivity contribution in [3.63, 3.8) is 0 Å². The molecule has 17 heavy (non-hydrogen) atoms. The maximum absolute atomic E-state index is 11.5. The first-order valence-electron chi connectivity index (χ1n) is 5.47. The van der Waals surface area contributed by atoms with Crippen LogP contribution in [-0.2, 0) is 14.3 Å². The molecule has 4 heteroatoms. The molecule has 0 aromatic rings. The topological polar surface area (TPSA) is 55.4 Å². The molecular formula is C13H21NO3. The van der Waals surface area contributed by atoms with Crippen molar-refractivity contribution in [1.82, 2.24) is 5.32 Å². The summed E-state index contributed by atoms with van der Waals surface area (Å²) in [6, 6.07) is 0. The van der Waals surface area contributed by atoms with Crippen LogP contribution < -0.4 is 5.32 Å². The van der Waals surface area contributed by atoms with Gasteiger partial charge in [-0.3, -0.25) is 9.59 Å². The molecule has 0 bridgehead atoms. The number of hydrogen-bond acceptors (Lipinski definition) is 3. The SMILES string of the molecule is C/C=C/C(=O)N/C(=C(/OC)C(C)=O)C(C)(C)C. The third-order valence-electron chi connectivity index (χ3n) is 2.07. The normalized spacial score (nSPS) is 13.3. The molecule has 0 aromatic carbocycles. The van der Waals surface area contributed by atoms with Gasteiger partial charge < -0.3 is 10.1 Å². The summed E-state index contributed by atoms with van der Waals surface area (Å²) in [5, 5.41) is 2.70. The van der Waals surface area contributed by atoms with Crippen molar-refractivity contribution in [3.05, 3.63) is 23.6 Å². The first-order chi connectivity index (χ1) is 7.73. The lowest BCUT2D eigenvalue weighted by molar-refractivity contribution is -0.117. The minimum absolute atomic E-state index is 0.190. The summed E-state index contributed by atoms with van der Waals surface area (Å²) in [5.41, 5.74) is 0.115. The summed E-state index contributed by atoms with van der Waals surface area (Å²) in [5.74, 6) is -0.290. The Labute approximate surface area is 103 Å². The predicted molar refractivity (Wildman–Crippen MR) is 67.1 cm³/mol. The van der Waals surface area contributed by atoms with E-state index >= 15 is 0 Å². The fourth-order valence-electron chi connectivity index (χ4n) is 1.32. The van der Waals surface area contributed by atoms with Crippen LogP contribution in [0.4, 0.5) is 0 Å². The van der Waals surface area contributed by atoms with Crippen molar-refractivity contribution < 1.29 is 14.3 Å². The van der Waals surface area contributed by atoms with Gasteiger partial charge in [0.15, 0.2) is 11.5 Å². The van der Waals surface area contributed by atoms with Gasteiger partial charge in [0.25, 0.3) is 0 Å². The summed E-state index contributed by atoms with van der Waals surface area (Å²) >= 11 is 0. The molecule has 96 valence electrons. The van der Waals surface area contributed by atoms with E-state index in [9.17, 15) is 9.59 Å². The van der Waals surface area contributed by atoms with Gasteiger partial charge in [0.2, 0.25) is 5.91 Å². The highest BCUT2D eigenvalue weighted by Crippen LogP contribution is 2.26. The molecule has 0 atom stereocenters. The second-order valence-corrected chi connectivity index (χ2v) is 4.70. The van der Waals surface area contributed by atoms with E-state index in [-0.39, 0.29) is 22.9 Å². The molecule has 4 nitrogen and oxygen atoms in total. The Kier molecular flexibility index (Phi) is 5.65. The standard InChI is InChI=1S/C13H21NO3/c1-7-8-10(16)14-12(13(3,4)5)11(17-6)9(2)15/h7-8H,1-6H3,(H,14,16)/b8-7+,12-11+. The fraction of sp³-hybridized carbons (Fsp3) is 0.538. The number of ketones is 1. The van der Waals surface area contributed by atoms with E-state index in [1.165, 1.54) is 20.1 Å². The summed E-state index contributed by atoms with van der Waals surface area (Å²) in [4.78, 5) is 23.0. The number of amides is 1. The number of ether oxygens (including phenoxy) is 1. The van der Waals surface area contributed by atoms with Gasteiger partial charge >= 0.3 is 0 Å². The van der Waals surface area contributed by atoms with Crippen LogP contribution in [0, 0.1) is 5.41 Å². The fourth-order valence-corrected chi connectivity index (χ4v) is 1.32. The highest BCUT2D eigenvalue weighted by Gasteiger charge is 2.25. The van der Waals surface area contributed by atoms with E-state index in [4.69, 9.17) is 4.74 Å². The van der Waals surface area contributed by atoms with Gasteiger partial charge in [0.1, 0.15) is 0 Å². The number of carbonyl (C=O) groups excluding carboxylic acids is 2. The first kappa shape index (κ1) is 15.4. The number of Topliss-reactive ketones (excluding diaryl/α,β-unsaturated/α-hetero) is 1. The van der Waals surface area contributed by atoms with Crippen LogP contribution in [0.25, 0.3) is 0 Å². The van der Waals surface area contributed by atoms with Crippen LogP contribution in [0.15, 0.2) is 23.6 Å². The number of methoxy groups -OCH3 is 1. The zero-order chi connectivity index (χ0) is 13.6. The van der Waals surface area contributed by atoms with Gasteiger partial charge in [-0.1, -0.05) is 26.8 Å². The quantitative estimate of drug-likeness (QED) is 0.604. The second kappa shape index (κ2) is 6.23. The van der Waals surface area contributed by atoms with E-state index in [1.807, 2.05) is 20.8 Å². The Morgan fingerprint density at radius 3 is 2.06 bits per heavy atom. The third-order valence-corrected chi connectivity index (χ3v) is 2.07. The number of hydrogen-bond donors (Lipinski definition) is 1. The Balaban J connectivity index is 5.43. The highest BCUT2D eigenvalue weighted by atomic mass is 16.5. The van der Waals surface area contributed by atoms with Crippen LogP contribution in [0.2, 0.25) is 0 Å². The molecule has 0 rings (SSSR count). The number of rotatable bonds is 4. The summed E-state index contributed by atoms with van der Waals surface area (Å²) < 4.78 is 5.07. The molecule has 0 aliphatic rings. The zero-order valence-corrected chi connectivity index (χ0v) is 11.4. The molecule has 1 amide bonds. The predicted octanol–water partition coefficient (Wildman–Crippen LogP) is 2.17. The van der Waals surface area contributed by atoms with E-state index < -0.39 is 0 Å². The minimum atomic E-state index is -0.381. The molecular weight excluding hydrogens is 218 g/mol. The molecule has 0 fully saturated rings. The Morgan fingerprint density at radius 1 is 1.24 bits per heavy atom. The third kappa shape index (κ3) is 4.85. The monoisotopic (exact) mass is 239 g/mol. The first-order valence-corrected chi connectivity index (χ1v) is 5.47. The number of nitrogens with one attached hydrogen (secondary N) is 1. The van der Waals surface area contributed by atoms with E-state index in [0.29, 0.717) is 5.70 Å². The summed E-state index contributed by atoms with van der Waals surface area (Å²) in [6.07, 6.45) is 3.04. The lowest BCUT2D eigenvalue weighted by Gasteiger charge is -2.25. The maximum atomic E-state index is 11.5. The Bertz CT molecular complexity index is 359. The van der Waals surface area contributed by atoms with Gasteiger partial charge in [0.05, 0.1) is 12.8 Å². The van der Waals surface area contributed by atoms with Gasteiger partial charge in [-0.15, -0.1) is 0 Å². The van der Waals surface area contributed by atoms with Crippen LogP contribution in [-0.4, -0.2) is 18.8 Å². The summed E-state index contributed by atoms with van der Waals surface area (Å²) in [6.45, 7) is 8.87. The van der Waals surface area contributed by atoms with Crippen LogP contribution >= 0.6 is 0 Å². The van der Waals surface area contributed by atoms with Gasteiger partial charge in [-0.05, 0) is 13.0 Å². The second-order valence-electron chi connectivity index (χ2n) is 4.70. The Morgan fingerprint density at radius 2 is 1.76 bits per heavy atom. The number of carbonyl (C=O) groups is 2. The lowest BCUT2D eigenvalue weighted by atomic mass is 9.90. The van der Waals surface area contributed by atoms with Crippen molar-refractivity contribution in [3.8, 4) is 0 Å². The molecule has 0 aliphatic carbocycles. The van der Waals surface area contributed by atoms with Crippen molar-refractivity contribution in [1.29, 1.82) is 0 Å². The smallest absolute Gasteiger partial charge is 0.247 e. The van der Waals surface area contributed by atoms with Gasteiger partial charge in [0, 0.05) is 12.3 Å². The van der Waals surface area contributed by atoms with Crippen LogP contribution in [0.3, 0.4) is 0 Å². The average Bonchev–Trinajstić information content (AvgIpc) is 2.15. The molecule has 0 saturated carbocycles. The van der Waals surface area contributed by atoms with Crippen molar-refractivity contribution in [2.45, 2.75) is 34.6 Å². The highest BCUT2D eigenvalue weighted by molar-refractivity contribution is 5.94. The largest absolute Gasteiger partial charge is 0.491 e. The van der Waals surface area contributed by atoms with Crippen LogP contribution in [0.1, 0.15) is 34.6 Å². The van der Waals surface area contributed by atoms with Crippen molar-refractivity contribution >= 4 is 11.7 Å². The van der Waals surface area contributed by atoms with E-state index in [1.54, 1.807) is 13.0 Å². The van der Waals surface area contributed by atoms with Crippen LogP contribution in [0.5, 0.6) is 0 Å². The molecule has 0 unspecified atom stereocenters. The number of allylic oxidation sites excluding steroid dienone is 3. The van der Waals surface area contributed by atoms with E-state index in [0.717, 1.165) is 0 Å². The molecule has 0 radical (unpaired) electrons. The zero-order valence-electron chi connectivity index (χ0n) is 11.4. The van der Waals surface area contributed by atoms with Crippen molar-refractivity contribution in [2.75, 3.05) is 7.11 Å². The average molecular weight is 239 g/mol. The minimum Gasteiger partial charge on any atom is -0.491 e. The summed E-state index contributed by atoms with van der Waals surface area (Å²) in [7, 11) is 1.42. The molecule has 0 spiro atoms. The molecule has 1 N–H and O–H groups in total. The molecule has 0 aliphatic heterocycles. The maximum Gasteiger partial charge on any atom is 0.247 e. The van der Waals surface area contributed by atoms with Crippen molar-refractivity contribution in [2.24, 2.45) is 5.41 Å². The lowest BCUT2D eigenvalue weighted by Crippen LogP contribution is -2.32. The Hall–Kier alpha value is -1.58. The van der Waals surface area contributed by atoms with Gasteiger partial charge in [-0.25, -0.2) is 0 Å². The molecule has 0 heterocycles. The molecule has 0 aromatic heterocycles. The molecule has 0 saturated heterocycles. The van der Waals surface area contributed by atoms with E-state index in [2.05, 4.69) is 5.32 Å². The van der Waals surface area contributed by atoms with Gasteiger partial charge in [-0.2, -0.15) is 0 Å².